The van der Waals surface area contributed by atoms with Crippen molar-refractivity contribution in [2.45, 2.75) is 19.8 Å². The van der Waals surface area contributed by atoms with Crippen LogP contribution in [0.15, 0.2) is 24.3 Å². The van der Waals surface area contributed by atoms with E-state index < -0.39 is 0 Å². The highest BCUT2D eigenvalue weighted by atomic mass is 16.2. The molecular weight excluding hydrogens is 214 g/mol. The highest BCUT2D eigenvalue weighted by Gasteiger charge is 2.64. The number of carbonyl (C=O) groups excluding carboxylic acids is 2. The monoisotopic (exact) mass is 231 g/mol. The van der Waals surface area contributed by atoms with E-state index in [9.17, 15) is 9.59 Å². The highest BCUT2D eigenvalue weighted by molar-refractivity contribution is 6.06. The minimum absolute atomic E-state index is 0.00750. The normalized spacial score (nSPS) is 42.5. The lowest BCUT2D eigenvalue weighted by Crippen LogP contribution is -2.33. The number of carbonyl (C=O) groups is 2. The number of nitrogens with zero attached hydrogens (tertiary/aromatic N) is 1. The maximum atomic E-state index is 12.2. The van der Waals surface area contributed by atoms with E-state index in [-0.39, 0.29) is 35.0 Å². The van der Waals surface area contributed by atoms with E-state index in [1.807, 2.05) is 6.92 Å². The first-order valence-corrected chi connectivity index (χ1v) is 6.11. The van der Waals surface area contributed by atoms with Crippen LogP contribution in [0.2, 0.25) is 0 Å². The molecule has 1 aliphatic heterocycles. The quantitative estimate of drug-likeness (QED) is 0.536. The molecular formula is C14H17NO2. The van der Waals surface area contributed by atoms with Gasteiger partial charge in [0, 0.05) is 12.5 Å². The molecule has 1 saturated carbocycles. The molecule has 0 aromatic heterocycles. The van der Waals surface area contributed by atoms with Gasteiger partial charge < -0.3 is 0 Å². The molecule has 1 heterocycles. The van der Waals surface area contributed by atoms with Crippen molar-refractivity contribution < 1.29 is 9.59 Å². The molecule has 1 saturated heterocycles. The molecule has 2 amide bonds. The summed E-state index contributed by atoms with van der Waals surface area (Å²) in [4.78, 5) is 25.6. The number of hydrogen-bond acceptors (Lipinski definition) is 2. The Morgan fingerprint density at radius 1 is 1.53 bits per heavy atom. The van der Waals surface area contributed by atoms with Gasteiger partial charge in [0.25, 0.3) is 0 Å². The van der Waals surface area contributed by atoms with Crippen LogP contribution in [0.25, 0.3) is 0 Å². The highest BCUT2D eigenvalue weighted by Crippen LogP contribution is 2.61. The summed E-state index contributed by atoms with van der Waals surface area (Å²) in [6.45, 7) is 5.96. The Hall–Kier alpha value is -1.38. The van der Waals surface area contributed by atoms with Gasteiger partial charge >= 0.3 is 0 Å². The van der Waals surface area contributed by atoms with Crippen molar-refractivity contribution >= 4 is 11.8 Å². The Bertz CT molecular complexity index is 465. The maximum absolute atomic E-state index is 12.2. The predicted molar refractivity (Wildman–Crippen MR) is 63.9 cm³/mol. The van der Waals surface area contributed by atoms with Gasteiger partial charge in [-0.25, -0.2) is 0 Å². The fourth-order valence-electron chi connectivity index (χ4n) is 4.04. The van der Waals surface area contributed by atoms with E-state index in [4.69, 9.17) is 0 Å². The molecule has 3 rings (SSSR count). The van der Waals surface area contributed by atoms with Crippen molar-refractivity contribution in [1.82, 2.24) is 4.90 Å². The zero-order valence-corrected chi connectivity index (χ0v) is 10.3. The second-order valence-corrected chi connectivity index (χ2v) is 5.83. The van der Waals surface area contributed by atoms with Gasteiger partial charge in [0.05, 0.1) is 11.8 Å². The first-order chi connectivity index (χ1) is 7.96. The van der Waals surface area contributed by atoms with Crippen molar-refractivity contribution in [1.29, 1.82) is 0 Å². The molecule has 2 bridgehead atoms. The Morgan fingerprint density at radius 2 is 2.24 bits per heavy atom. The van der Waals surface area contributed by atoms with Crippen molar-refractivity contribution in [2.75, 3.05) is 7.05 Å². The number of imide groups is 1. The van der Waals surface area contributed by atoms with Gasteiger partial charge in [-0.2, -0.15) is 0 Å². The fourth-order valence-corrected chi connectivity index (χ4v) is 4.04. The van der Waals surface area contributed by atoms with Crippen LogP contribution in [0.4, 0.5) is 0 Å². The Kier molecular flexibility index (Phi) is 1.96. The van der Waals surface area contributed by atoms with Crippen LogP contribution < -0.4 is 0 Å². The third kappa shape index (κ3) is 1.17. The largest absolute Gasteiger partial charge is 0.285 e. The zero-order valence-electron chi connectivity index (χ0n) is 10.3. The van der Waals surface area contributed by atoms with Crippen LogP contribution in [0.3, 0.4) is 0 Å². The summed E-state index contributed by atoms with van der Waals surface area (Å²) in [7, 11) is 1.61. The standard InChI is InChI=1S/C14H17NO2/c1-8(2)6-14-5-4-9(7-14)10-11(14)13(17)15(3)12(10)16/h4-5,9-11H,1,6-7H2,2-3H3. The lowest BCUT2D eigenvalue weighted by Gasteiger charge is -2.30. The van der Waals surface area contributed by atoms with Crippen LogP contribution in [-0.4, -0.2) is 23.8 Å². The first-order valence-electron chi connectivity index (χ1n) is 6.11. The van der Waals surface area contributed by atoms with E-state index in [2.05, 4.69) is 18.7 Å². The predicted octanol–water partition coefficient (Wildman–Crippen LogP) is 1.76. The SMILES string of the molecule is C=C(C)CC12C=CC(C1)C1C(=O)N(C)C(=O)C12. The lowest BCUT2D eigenvalue weighted by molar-refractivity contribution is -0.139. The molecule has 17 heavy (non-hydrogen) atoms. The summed E-state index contributed by atoms with van der Waals surface area (Å²) in [5.41, 5.74) is 0.962. The number of allylic oxidation sites excluding steroid dienone is 3. The van der Waals surface area contributed by atoms with E-state index in [1.165, 1.54) is 4.90 Å². The number of hydrogen-bond donors (Lipinski definition) is 0. The molecule has 90 valence electrons. The van der Waals surface area contributed by atoms with Crippen LogP contribution in [-0.2, 0) is 9.59 Å². The van der Waals surface area contributed by atoms with Crippen LogP contribution >= 0.6 is 0 Å². The van der Waals surface area contributed by atoms with Gasteiger partial charge in [-0.15, -0.1) is 6.58 Å². The van der Waals surface area contributed by atoms with Gasteiger partial charge in [0.1, 0.15) is 0 Å². The van der Waals surface area contributed by atoms with E-state index in [0.717, 1.165) is 18.4 Å². The van der Waals surface area contributed by atoms with Gasteiger partial charge in [0.15, 0.2) is 0 Å². The Balaban J connectivity index is 2.04. The van der Waals surface area contributed by atoms with E-state index in [1.54, 1.807) is 7.05 Å². The molecule has 0 radical (unpaired) electrons. The summed E-state index contributed by atoms with van der Waals surface area (Å²) in [6.07, 6.45) is 6.07. The molecule has 2 aliphatic carbocycles. The first kappa shape index (κ1) is 10.8. The number of likely N-dealkylation sites (tertiary alicyclic amines) is 1. The van der Waals surface area contributed by atoms with Crippen molar-refractivity contribution in [3.05, 3.63) is 24.3 Å². The molecule has 0 aromatic rings. The summed E-state index contributed by atoms with van der Waals surface area (Å²) >= 11 is 0. The molecule has 0 spiro atoms. The Labute approximate surface area is 101 Å². The van der Waals surface area contributed by atoms with Crippen LogP contribution in [0, 0.1) is 23.2 Å². The zero-order chi connectivity index (χ0) is 12.4. The number of amides is 2. The van der Waals surface area contributed by atoms with Crippen LogP contribution in [0.1, 0.15) is 19.8 Å². The van der Waals surface area contributed by atoms with Gasteiger partial charge in [-0.3, -0.25) is 14.5 Å². The molecule has 4 unspecified atom stereocenters. The molecule has 3 aliphatic rings. The van der Waals surface area contributed by atoms with E-state index in [0.29, 0.717) is 0 Å². The van der Waals surface area contributed by atoms with E-state index >= 15 is 0 Å². The summed E-state index contributed by atoms with van der Waals surface area (Å²) in [5, 5.41) is 0. The van der Waals surface area contributed by atoms with Crippen molar-refractivity contribution in [2.24, 2.45) is 23.2 Å². The summed E-state index contributed by atoms with van der Waals surface area (Å²) in [5.74, 6) is 0.0512. The minimum atomic E-state index is -0.133. The second-order valence-electron chi connectivity index (χ2n) is 5.83. The van der Waals surface area contributed by atoms with Crippen molar-refractivity contribution in [3.63, 3.8) is 0 Å². The lowest BCUT2D eigenvalue weighted by atomic mass is 9.71. The number of fused-ring (bicyclic) bond motifs is 5. The molecule has 0 N–H and O–H groups in total. The Morgan fingerprint density at radius 3 is 2.88 bits per heavy atom. The average molecular weight is 231 g/mol. The van der Waals surface area contributed by atoms with Gasteiger partial charge in [-0.1, -0.05) is 17.7 Å². The third-order valence-corrected chi connectivity index (χ3v) is 4.57. The summed E-state index contributed by atoms with van der Waals surface area (Å²) in [6, 6.07) is 0. The van der Waals surface area contributed by atoms with Gasteiger partial charge in [-0.05, 0) is 25.7 Å². The van der Waals surface area contributed by atoms with Gasteiger partial charge in [0.2, 0.25) is 11.8 Å². The number of rotatable bonds is 2. The molecule has 3 heteroatoms. The minimum Gasteiger partial charge on any atom is -0.285 e. The summed E-state index contributed by atoms with van der Waals surface area (Å²) < 4.78 is 0. The average Bonchev–Trinajstić information content (AvgIpc) is 2.84. The van der Waals surface area contributed by atoms with Crippen molar-refractivity contribution in [3.8, 4) is 0 Å². The maximum Gasteiger partial charge on any atom is 0.233 e. The fraction of sp³-hybridized carbons (Fsp3) is 0.571. The third-order valence-electron chi connectivity index (χ3n) is 4.57. The molecule has 0 aromatic carbocycles. The smallest absolute Gasteiger partial charge is 0.233 e. The molecule has 2 fully saturated rings. The second kappa shape index (κ2) is 3.09. The molecule has 3 nitrogen and oxygen atoms in total. The van der Waals surface area contributed by atoms with Crippen LogP contribution in [0.5, 0.6) is 0 Å². The topological polar surface area (TPSA) is 37.4 Å². The molecule has 4 atom stereocenters.